The number of hydrogen-bond donors (Lipinski definition) is 2. The number of nitrogens with one attached hydrogen (secondary N) is 2. The van der Waals surface area contributed by atoms with Crippen molar-refractivity contribution in [2.75, 3.05) is 18.5 Å². The van der Waals surface area contributed by atoms with Crippen molar-refractivity contribution in [1.82, 2.24) is 5.32 Å². The molecule has 0 atom stereocenters. The summed E-state index contributed by atoms with van der Waals surface area (Å²) in [6.07, 6.45) is 1.14. The summed E-state index contributed by atoms with van der Waals surface area (Å²) in [6, 6.07) is 17.5. The van der Waals surface area contributed by atoms with Gasteiger partial charge in [0.15, 0.2) is 0 Å². The largest absolute Gasteiger partial charge is 0.494 e. The van der Waals surface area contributed by atoms with E-state index < -0.39 is 0 Å². The molecule has 130 valence electrons. The summed E-state index contributed by atoms with van der Waals surface area (Å²) in [6.45, 7) is 4.26. The second-order valence-electron chi connectivity index (χ2n) is 5.25. The molecule has 2 aromatic carbocycles. The molecular formula is C19H25ClN2O2. The Morgan fingerprint density at radius 2 is 1.75 bits per heavy atom. The minimum absolute atomic E-state index is 0. The van der Waals surface area contributed by atoms with E-state index in [2.05, 4.69) is 17.6 Å². The van der Waals surface area contributed by atoms with Crippen molar-refractivity contribution in [3.8, 4) is 5.75 Å². The van der Waals surface area contributed by atoms with Gasteiger partial charge in [-0.25, -0.2) is 0 Å². The Balaban J connectivity index is 0.00000288. The van der Waals surface area contributed by atoms with Crippen LogP contribution in [0, 0.1) is 0 Å². The van der Waals surface area contributed by atoms with Crippen LogP contribution < -0.4 is 15.4 Å². The minimum atomic E-state index is 0. The molecule has 0 aliphatic carbocycles. The van der Waals surface area contributed by atoms with E-state index in [4.69, 9.17) is 4.74 Å². The van der Waals surface area contributed by atoms with Crippen LogP contribution in [0.5, 0.6) is 5.75 Å². The first-order valence-electron chi connectivity index (χ1n) is 8.06. The number of ether oxygens (including phenoxy) is 1. The molecule has 2 rings (SSSR count). The van der Waals surface area contributed by atoms with Gasteiger partial charge in [0.05, 0.1) is 6.61 Å². The molecule has 0 saturated carbocycles. The summed E-state index contributed by atoms with van der Waals surface area (Å²) < 4.78 is 5.59. The van der Waals surface area contributed by atoms with Crippen LogP contribution in [-0.2, 0) is 11.3 Å². The summed E-state index contributed by atoms with van der Waals surface area (Å²) in [7, 11) is 0. The molecule has 0 unspecified atom stereocenters. The Hall–Kier alpha value is -2.04. The van der Waals surface area contributed by atoms with Crippen molar-refractivity contribution in [3.63, 3.8) is 0 Å². The number of rotatable bonds is 9. The number of carbonyl (C=O) groups excluding carboxylic acids is 1. The van der Waals surface area contributed by atoms with E-state index >= 15 is 0 Å². The third-order valence-corrected chi connectivity index (χ3v) is 3.42. The molecule has 4 nitrogen and oxygen atoms in total. The van der Waals surface area contributed by atoms with Gasteiger partial charge in [-0.2, -0.15) is 0 Å². The zero-order valence-electron chi connectivity index (χ0n) is 14.0. The molecule has 5 heteroatoms. The maximum absolute atomic E-state index is 12.1. The highest BCUT2D eigenvalue weighted by molar-refractivity contribution is 5.91. The average Bonchev–Trinajstić information content (AvgIpc) is 2.59. The number of benzene rings is 2. The minimum Gasteiger partial charge on any atom is -0.494 e. The lowest BCUT2D eigenvalue weighted by molar-refractivity contribution is -0.116. The zero-order valence-corrected chi connectivity index (χ0v) is 14.8. The molecule has 2 N–H and O–H groups in total. The molecule has 0 fully saturated rings. The highest BCUT2D eigenvalue weighted by Crippen LogP contribution is 2.15. The van der Waals surface area contributed by atoms with Crippen molar-refractivity contribution in [2.45, 2.75) is 26.3 Å². The van der Waals surface area contributed by atoms with Crippen LogP contribution in [0.25, 0.3) is 0 Å². The van der Waals surface area contributed by atoms with E-state index in [0.717, 1.165) is 30.1 Å². The highest BCUT2D eigenvalue weighted by Gasteiger charge is 2.06. The highest BCUT2D eigenvalue weighted by atomic mass is 35.5. The summed E-state index contributed by atoms with van der Waals surface area (Å²) in [4.78, 5) is 12.1. The van der Waals surface area contributed by atoms with Crippen LogP contribution in [-0.4, -0.2) is 19.1 Å². The van der Waals surface area contributed by atoms with Crippen LogP contribution in [0.4, 0.5) is 5.69 Å². The molecule has 0 aliphatic rings. The van der Waals surface area contributed by atoms with Gasteiger partial charge in [-0.1, -0.05) is 43.3 Å². The van der Waals surface area contributed by atoms with Crippen LogP contribution in [0.3, 0.4) is 0 Å². The number of carbonyl (C=O) groups is 1. The SMILES string of the molecule is CCNCc1ccccc1NC(=O)CCCOc1ccccc1.Cl. The van der Waals surface area contributed by atoms with E-state index in [-0.39, 0.29) is 18.3 Å². The summed E-state index contributed by atoms with van der Waals surface area (Å²) >= 11 is 0. The maximum Gasteiger partial charge on any atom is 0.224 e. The number of halogens is 1. The van der Waals surface area contributed by atoms with Gasteiger partial charge in [-0.3, -0.25) is 4.79 Å². The molecule has 0 aromatic heterocycles. The van der Waals surface area contributed by atoms with Crippen molar-refractivity contribution >= 4 is 24.0 Å². The first kappa shape index (κ1) is 20.0. The predicted molar refractivity (Wildman–Crippen MR) is 101 cm³/mol. The molecule has 0 saturated heterocycles. The zero-order chi connectivity index (χ0) is 16.3. The monoisotopic (exact) mass is 348 g/mol. The Kier molecular flexibility index (Phi) is 9.58. The standard InChI is InChI=1S/C19H24N2O2.ClH/c1-2-20-15-16-9-6-7-12-18(16)21-19(22)13-8-14-23-17-10-4-3-5-11-17;/h3-7,9-12,20H,2,8,13-15H2,1H3,(H,21,22);1H. The van der Waals surface area contributed by atoms with Gasteiger partial charge in [0.1, 0.15) is 5.75 Å². The third kappa shape index (κ3) is 7.02. The predicted octanol–water partition coefficient (Wildman–Crippen LogP) is 4.02. The van der Waals surface area contributed by atoms with Gasteiger partial charge in [0, 0.05) is 18.7 Å². The fraction of sp³-hybridized carbons (Fsp3) is 0.316. The van der Waals surface area contributed by atoms with Gasteiger partial charge in [0.25, 0.3) is 0 Å². The number of anilines is 1. The fourth-order valence-electron chi connectivity index (χ4n) is 2.21. The molecule has 24 heavy (non-hydrogen) atoms. The van der Waals surface area contributed by atoms with Crippen molar-refractivity contribution in [2.24, 2.45) is 0 Å². The Labute approximate surface area is 150 Å². The van der Waals surface area contributed by atoms with E-state index in [1.165, 1.54) is 0 Å². The Morgan fingerprint density at radius 1 is 1.04 bits per heavy atom. The van der Waals surface area contributed by atoms with E-state index in [1.807, 2.05) is 54.6 Å². The van der Waals surface area contributed by atoms with E-state index in [0.29, 0.717) is 19.4 Å². The molecule has 0 aliphatic heterocycles. The lowest BCUT2D eigenvalue weighted by atomic mass is 10.1. The number of amides is 1. The van der Waals surface area contributed by atoms with Gasteiger partial charge >= 0.3 is 0 Å². The Morgan fingerprint density at radius 3 is 2.50 bits per heavy atom. The normalized spacial score (nSPS) is 9.88. The molecule has 0 spiro atoms. The van der Waals surface area contributed by atoms with Gasteiger partial charge in [-0.05, 0) is 36.7 Å². The molecule has 0 heterocycles. The van der Waals surface area contributed by atoms with Gasteiger partial charge in [-0.15, -0.1) is 12.4 Å². The number of hydrogen-bond acceptors (Lipinski definition) is 3. The second kappa shape index (κ2) is 11.5. The van der Waals surface area contributed by atoms with Crippen LogP contribution in [0.15, 0.2) is 54.6 Å². The molecule has 2 aromatic rings. The smallest absolute Gasteiger partial charge is 0.224 e. The van der Waals surface area contributed by atoms with Gasteiger partial charge in [0.2, 0.25) is 5.91 Å². The van der Waals surface area contributed by atoms with Gasteiger partial charge < -0.3 is 15.4 Å². The van der Waals surface area contributed by atoms with Crippen LogP contribution in [0.2, 0.25) is 0 Å². The quantitative estimate of drug-likeness (QED) is 0.673. The maximum atomic E-state index is 12.1. The van der Waals surface area contributed by atoms with Crippen molar-refractivity contribution in [3.05, 3.63) is 60.2 Å². The second-order valence-corrected chi connectivity index (χ2v) is 5.25. The van der Waals surface area contributed by atoms with Crippen LogP contribution in [0.1, 0.15) is 25.3 Å². The van der Waals surface area contributed by atoms with Crippen molar-refractivity contribution in [1.29, 1.82) is 0 Å². The lowest BCUT2D eigenvalue weighted by Gasteiger charge is -2.11. The summed E-state index contributed by atoms with van der Waals surface area (Å²) in [5.41, 5.74) is 1.98. The lowest BCUT2D eigenvalue weighted by Crippen LogP contribution is -2.17. The topological polar surface area (TPSA) is 50.4 Å². The molecule has 0 bridgehead atoms. The molecular weight excluding hydrogens is 324 g/mol. The third-order valence-electron chi connectivity index (χ3n) is 3.42. The number of para-hydroxylation sites is 2. The van der Waals surface area contributed by atoms with Crippen molar-refractivity contribution < 1.29 is 9.53 Å². The summed E-state index contributed by atoms with van der Waals surface area (Å²) in [5, 5.41) is 6.26. The summed E-state index contributed by atoms with van der Waals surface area (Å²) in [5.74, 6) is 0.856. The first-order chi connectivity index (χ1) is 11.3. The Bertz CT molecular complexity index is 605. The fourth-order valence-corrected chi connectivity index (χ4v) is 2.21. The van der Waals surface area contributed by atoms with Crippen LogP contribution >= 0.6 is 12.4 Å². The van der Waals surface area contributed by atoms with E-state index in [1.54, 1.807) is 0 Å². The molecule has 0 radical (unpaired) electrons. The first-order valence-corrected chi connectivity index (χ1v) is 8.06. The average molecular weight is 349 g/mol. The molecule has 1 amide bonds. The van der Waals surface area contributed by atoms with E-state index in [9.17, 15) is 4.79 Å².